The molecule has 0 radical (unpaired) electrons. The van der Waals surface area contributed by atoms with Crippen LogP contribution in [0.15, 0.2) is 35.4 Å². The Bertz CT molecular complexity index is 579. The lowest BCUT2D eigenvalue weighted by Gasteiger charge is -2.30. The van der Waals surface area contributed by atoms with Gasteiger partial charge in [0.05, 0.1) is 11.6 Å². The summed E-state index contributed by atoms with van der Waals surface area (Å²) in [7, 11) is 0. The van der Waals surface area contributed by atoms with Crippen molar-refractivity contribution < 1.29 is 18.0 Å². The minimum absolute atomic E-state index is 0.0338. The van der Waals surface area contributed by atoms with E-state index in [4.69, 9.17) is 0 Å². The van der Waals surface area contributed by atoms with E-state index in [0.717, 1.165) is 24.1 Å². The molecule has 1 atom stereocenters. The minimum Gasteiger partial charge on any atom is -0.334 e. The molecule has 1 aliphatic carbocycles. The average molecular weight is 298 g/mol. The molecule has 1 unspecified atom stereocenters. The van der Waals surface area contributed by atoms with E-state index in [1.54, 1.807) is 6.07 Å². The van der Waals surface area contributed by atoms with Gasteiger partial charge in [-0.2, -0.15) is 13.2 Å². The summed E-state index contributed by atoms with van der Waals surface area (Å²) in [5.41, 5.74) is 2.11. The Labute approximate surface area is 121 Å². The number of nitrogens with one attached hydrogen (secondary N) is 2. The van der Waals surface area contributed by atoms with Gasteiger partial charge < -0.3 is 10.6 Å². The number of alkyl halides is 3. The van der Waals surface area contributed by atoms with E-state index in [1.165, 1.54) is 11.6 Å². The summed E-state index contributed by atoms with van der Waals surface area (Å²) < 4.78 is 37.7. The number of benzene rings is 1. The van der Waals surface area contributed by atoms with E-state index >= 15 is 0 Å². The zero-order valence-corrected chi connectivity index (χ0v) is 11.8. The number of carbonyl (C=O) groups excluding carboxylic acids is 1. The van der Waals surface area contributed by atoms with Crippen molar-refractivity contribution in [2.45, 2.75) is 39.0 Å². The van der Waals surface area contributed by atoms with Crippen molar-refractivity contribution in [2.24, 2.45) is 0 Å². The van der Waals surface area contributed by atoms with Gasteiger partial charge in [-0.3, -0.25) is 0 Å². The fraction of sp³-hybridized carbons (Fsp3) is 0.400. The molecule has 0 saturated carbocycles. The van der Waals surface area contributed by atoms with E-state index in [0.29, 0.717) is 5.56 Å². The van der Waals surface area contributed by atoms with Crippen LogP contribution < -0.4 is 10.6 Å². The van der Waals surface area contributed by atoms with Crippen molar-refractivity contribution in [2.75, 3.05) is 0 Å². The molecule has 21 heavy (non-hydrogen) atoms. The lowest BCUT2D eigenvalue weighted by molar-refractivity contribution is -0.137. The monoisotopic (exact) mass is 298 g/mol. The molecule has 0 bridgehead atoms. The lowest BCUT2D eigenvalue weighted by atomic mass is 9.85. The summed E-state index contributed by atoms with van der Waals surface area (Å²) in [4.78, 5) is 11.7. The molecule has 3 nitrogen and oxygen atoms in total. The van der Waals surface area contributed by atoms with Crippen LogP contribution in [-0.4, -0.2) is 12.1 Å². The quantitative estimate of drug-likeness (QED) is 0.822. The number of halogens is 3. The average Bonchev–Trinajstić information content (AvgIpc) is 2.44. The smallest absolute Gasteiger partial charge is 0.334 e. The van der Waals surface area contributed by atoms with Gasteiger partial charge >= 0.3 is 12.2 Å². The minimum atomic E-state index is -4.37. The number of rotatable bonds is 3. The van der Waals surface area contributed by atoms with Crippen molar-refractivity contribution in [3.05, 3.63) is 46.5 Å². The molecule has 0 aromatic heterocycles. The van der Waals surface area contributed by atoms with Crippen molar-refractivity contribution in [3.63, 3.8) is 0 Å². The first kappa shape index (κ1) is 15.4. The molecule has 0 aliphatic heterocycles. The van der Waals surface area contributed by atoms with Crippen molar-refractivity contribution in [1.29, 1.82) is 0 Å². The molecule has 114 valence electrons. The third-order valence-corrected chi connectivity index (χ3v) is 3.72. The Hall–Kier alpha value is -1.98. The van der Waals surface area contributed by atoms with Crippen LogP contribution >= 0.6 is 0 Å². The SMILES string of the molecule is CC1=C(C)C(NC(=O)NCc2cccc(C(F)(F)F)c2)C1. The molecule has 2 N–H and O–H groups in total. The predicted molar refractivity (Wildman–Crippen MR) is 73.6 cm³/mol. The Morgan fingerprint density at radius 3 is 2.62 bits per heavy atom. The summed E-state index contributed by atoms with van der Waals surface area (Å²) >= 11 is 0. The standard InChI is InChI=1S/C15H17F3N2O/c1-9-6-13(10(9)2)20-14(21)19-8-11-4-3-5-12(7-11)15(16,17)18/h3-5,7,13H,6,8H2,1-2H3,(H2,19,20,21). The van der Waals surface area contributed by atoms with E-state index in [9.17, 15) is 18.0 Å². The second kappa shape index (κ2) is 5.79. The molecular formula is C15H17F3N2O. The Morgan fingerprint density at radius 2 is 2.05 bits per heavy atom. The lowest BCUT2D eigenvalue weighted by Crippen LogP contribution is -2.45. The Balaban J connectivity index is 1.87. The fourth-order valence-corrected chi connectivity index (χ4v) is 2.20. The molecule has 0 spiro atoms. The van der Waals surface area contributed by atoms with Gasteiger partial charge in [-0.25, -0.2) is 4.79 Å². The number of urea groups is 1. The maximum Gasteiger partial charge on any atom is 0.416 e. The van der Waals surface area contributed by atoms with Gasteiger partial charge in [0.2, 0.25) is 0 Å². The van der Waals surface area contributed by atoms with Gasteiger partial charge in [0.1, 0.15) is 0 Å². The summed E-state index contributed by atoms with van der Waals surface area (Å²) in [6.07, 6.45) is -3.55. The number of hydrogen-bond acceptors (Lipinski definition) is 1. The first-order valence-electron chi connectivity index (χ1n) is 6.64. The number of carbonyl (C=O) groups is 1. The highest BCUT2D eigenvalue weighted by molar-refractivity contribution is 5.75. The molecular weight excluding hydrogens is 281 g/mol. The third kappa shape index (κ3) is 3.77. The first-order chi connectivity index (χ1) is 9.77. The normalized spacial score (nSPS) is 18.2. The summed E-state index contributed by atoms with van der Waals surface area (Å²) in [5.74, 6) is 0. The molecule has 1 aliphatic rings. The summed E-state index contributed by atoms with van der Waals surface area (Å²) in [5, 5.41) is 5.35. The van der Waals surface area contributed by atoms with Crippen LogP contribution in [0.4, 0.5) is 18.0 Å². The molecule has 1 aromatic rings. The zero-order chi connectivity index (χ0) is 15.6. The molecule has 2 amide bonds. The number of hydrogen-bond donors (Lipinski definition) is 2. The summed E-state index contributed by atoms with van der Waals surface area (Å²) in [6.45, 7) is 4.02. The van der Waals surface area contributed by atoms with Crippen LogP contribution in [0.1, 0.15) is 31.4 Å². The van der Waals surface area contributed by atoms with Crippen LogP contribution in [0.25, 0.3) is 0 Å². The van der Waals surface area contributed by atoms with Crippen LogP contribution in [0.5, 0.6) is 0 Å². The van der Waals surface area contributed by atoms with Crippen molar-refractivity contribution in [3.8, 4) is 0 Å². The highest BCUT2D eigenvalue weighted by Gasteiger charge is 2.30. The van der Waals surface area contributed by atoms with Crippen molar-refractivity contribution >= 4 is 6.03 Å². The molecule has 0 saturated heterocycles. The van der Waals surface area contributed by atoms with Gasteiger partial charge in [-0.15, -0.1) is 0 Å². The highest BCUT2D eigenvalue weighted by atomic mass is 19.4. The Kier molecular flexibility index (Phi) is 4.25. The molecule has 2 rings (SSSR count). The second-order valence-corrected chi connectivity index (χ2v) is 5.25. The van der Waals surface area contributed by atoms with Crippen LogP contribution in [0.3, 0.4) is 0 Å². The van der Waals surface area contributed by atoms with E-state index < -0.39 is 11.7 Å². The van der Waals surface area contributed by atoms with Gasteiger partial charge in [-0.1, -0.05) is 23.3 Å². The summed E-state index contributed by atoms with van der Waals surface area (Å²) in [6, 6.07) is 4.60. The Morgan fingerprint density at radius 1 is 1.33 bits per heavy atom. The van der Waals surface area contributed by atoms with Gasteiger partial charge in [0.25, 0.3) is 0 Å². The van der Waals surface area contributed by atoms with Crippen LogP contribution in [0, 0.1) is 0 Å². The predicted octanol–water partition coefficient (Wildman–Crippen LogP) is 3.61. The highest BCUT2D eigenvalue weighted by Crippen LogP contribution is 2.29. The molecule has 0 fully saturated rings. The molecule has 6 heteroatoms. The maximum absolute atomic E-state index is 12.6. The molecule has 0 heterocycles. The van der Waals surface area contributed by atoms with Gasteiger partial charge in [0, 0.05) is 6.54 Å². The van der Waals surface area contributed by atoms with E-state index in [1.807, 2.05) is 13.8 Å². The van der Waals surface area contributed by atoms with Crippen molar-refractivity contribution in [1.82, 2.24) is 10.6 Å². The second-order valence-electron chi connectivity index (χ2n) is 5.25. The van der Waals surface area contributed by atoms with Gasteiger partial charge in [0.15, 0.2) is 0 Å². The first-order valence-corrected chi connectivity index (χ1v) is 6.64. The molecule has 1 aromatic carbocycles. The fourth-order valence-electron chi connectivity index (χ4n) is 2.20. The van der Waals surface area contributed by atoms with Gasteiger partial charge in [-0.05, 0) is 38.0 Å². The largest absolute Gasteiger partial charge is 0.416 e. The zero-order valence-electron chi connectivity index (χ0n) is 11.8. The third-order valence-electron chi connectivity index (χ3n) is 3.72. The number of amides is 2. The van der Waals surface area contributed by atoms with Crippen LogP contribution in [0.2, 0.25) is 0 Å². The topological polar surface area (TPSA) is 41.1 Å². The van der Waals surface area contributed by atoms with E-state index in [2.05, 4.69) is 10.6 Å². The van der Waals surface area contributed by atoms with Crippen LogP contribution in [-0.2, 0) is 12.7 Å². The maximum atomic E-state index is 12.6. The van der Waals surface area contributed by atoms with E-state index in [-0.39, 0.29) is 18.6 Å².